The second-order valence-electron chi connectivity index (χ2n) is 7.29. The summed E-state index contributed by atoms with van der Waals surface area (Å²) in [7, 11) is 1.59. The molecule has 0 unspecified atom stereocenters. The van der Waals surface area contributed by atoms with Crippen molar-refractivity contribution >= 4 is 23.0 Å². The largest absolute Gasteiger partial charge is 0.473 e. The number of hydrogen-bond acceptors (Lipinski definition) is 6. The third-order valence-corrected chi connectivity index (χ3v) is 4.97. The minimum absolute atomic E-state index is 0.0480. The van der Waals surface area contributed by atoms with Crippen LogP contribution in [-0.4, -0.2) is 70.1 Å². The molecule has 0 saturated carbocycles. The molecule has 0 bridgehead atoms. The minimum atomic E-state index is -0.253. The van der Waals surface area contributed by atoms with Crippen LogP contribution in [0.3, 0.4) is 0 Å². The number of hydrogen-bond donors (Lipinski definition) is 2. The number of aromatic nitrogens is 3. The first-order valence-electron chi connectivity index (χ1n) is 9.66. The van der Waals surface area contributed by atoms with Crippen molar-refractivity contribution in [2.24, 2.45) is 0 Å². The van der Waals surface area contributed by atoms with Gasteiger partial charge in [0.05, 0.1) is 18.4 Å². The third kappa shape index (κ3) is 4.73. The van der Waals surface area contributed by atoms with Crippen LogP contribution < -0.4 is 10.1 Å². The fraction of sp³-hybridized carbons (Fsp3) is 0.500. The van der Waals surface area contributed by atoms with Gasteiger partial charge >= 0.3 is 0 Å². The number of ether oxygens (including phenoxy) is 2. The average molecular weight is 401 g/mol. The fourth-order valence-corrected chi connectivity index (χ4v) is 3.55. The lowest BCUT2D eigenvalue weighted by Crippen LogP contribution is -2.46. The van der Waals surface area contributed by atoms with Crippen LogP contribution in [0.5, 0.6) is 5.88 Å². The lowest BCUT2D eigenvalue weighted by molar-refractivity contribution is -0.130. The smallest absolute Gasteiger partial charge is 0.255 e. The van der Waals surface area contributed by atoms with E-state index in [1.807, 2.05) is 13.8 Å². The van der Waals surface area contributed by atoms with Crippen LogP contribution in [0, 0.1) is 0 Å². The molecule has 2 amide bonds. The first-order valence-corrected chi connectivity index (χ1v) is 9.66. The van der Waals surface area contributed by atoms with E-state index in [4.69, 9.17) is 9.47 Å². The van der Waals surface area contributed by atoms with Crippen molar-refractivity contribution in [2.45, 2.75) is 44.9 Å². The molecule has 3 heterocycles. The van der Waals surface area contributed by atoms with E-state index in [9.17, 15) is 9.59 Å². The molecule has 29 heavy (non-hydrogen) atoms. The molecule has 1 aliphatic heterocycles. The maximum atomic E-state index is 12.5. The molecule has 1 fully saturated rings. The van der Waals surface area contributed by atoms with Crippen LogP contribution >= 0.6 is 0 Å². The highest BCUT2D eigenvalue weighted by Crippen LogP contribution is 2.23. The molecule has 9 heteroatoms. The highest BCUT2D eigenvalue weighted by Gasteiger charge is 2.29. The zero-order valence-electron chi connectivity index (χ0n) is 17.0. The van der Waals surface area contributed by atoms with Gasteiger partial charge in [0.15, 0.2) is 5.65 Å². The van der Waals surface area contributed by atoms with Gasteiger partial charge in [0.25, 0.3) is 5.91 Å². The minimum Gasteiger partial charge on any atom is -0.473 e. The first-order chi connectivity index (χ1) is 13.9. The summed E-state index contributed by atoms with van der Waals surface area (Å²) in [5.74, 6) is 0.0387. The first kappa shape index (κ1) is 20.8. The van der Waals surface area contributed by atoms with E-state index < -0.39 is 0 Å². The normalized spacial score (nSPS) is 20.3. The number of methoxy groups -OCH3 is 1. The molecule has 2 aromatic heterocycles. The van der Waals surface area contributed by atoms with Gasteiger partial charge in [-0.1, -0.05) is 6.58 Å². The number of H-pyrrole nitrogens is 1. The number of likely N-dealkylation sites (tertiary alicyclic amines) is 1. The van der Waals surface area contributed by atoms with Crippen molar-refractivity contribution in [2.75, 3.05) is 20.3 Å². The van der Waals surface area contributed by atoms with Gasteiger partial charge in [-0.3, -0.25) is 9.59 Å². The van der Waals surface area contributed by atoms with Gasteiger partial charge < -0.3 is 24.7 Å². The number of fused-ring (bicyclic) bond motifs is 1. The van der Waals surface area contributed by atoms with E-state index in [-0.39, 0.29) is 30.0 Å². The molecule has 0 spiro atoms. The molecule has 2 aromatic rings. The Morgan fingerprint density at radius 1 is 1.52 bits per heavy atom. The predicted octanol–water partition coefficient (Wildman–Crippen LogP) is 1.67. The van der Waals surface area contributed by atoms with Crippen LogP contribution in [-0.2, 0) is 9.53 Å². The lowest BCUT2D eigenvalue weighted by atomic mass is 10.0. The van der Waals surface area contributed by atoms with E-state index in [0.717, 1.165) is 0 Å². The van der Waals surface area contributed by atoms with Crippen molar-refractivity contribution in [3.05, 3.63) is 30.6 Å². The Labute approximate surface area is 169 Å². The quantitative estimate of drug-likeness (QED) is 0.683. The summed E-state index contributed by atoms with van der Waals surface area (Å²) in [5.41, 5.74) is 1.37. The zero-order chi connectivity index (χ0) is 21.0. The van der Waals surface area contributed by atoms with Gasteiger partial charge in [-0.15, -0.1) is 0 Å². The average Bonchev–Trinajstić information content (AvgIpc) is 3.11. The van der Waals surface area contributed by atoms with Crippen molar-refractivity contribution < 1.29 is 19.1 Å². The third-order valence-electron chi connectivity index (χ3n) is 4.97. The Hall–Kier alpha value is -2.94. The SMILES string of the molecule is C=CC(=O)N1CC[C@@H](Oc2cnc3[nH]cc(C(=O)N[C@@H](C)COC)c3n2)C[C@@H]1C. The second-order valence-corrected chi connectivity index (χ2v) is 7.29. The molecule has 0 radical (unpaired) electrons. The van der Waals surface area contributed by atoms with E-state index >= 15 is 0 Å². The van der Waals surface area contributed by atoms with Crippen LogP contribution in [0.25, 0.3) is 11.2 Å². The van der Waals surface area contributed by atoms with Gasteiger partial charge in [-0.05, 0) is 19.9 Å². The molecule has 0 aromatic carbocycles. The Kier molecular flexibility index (Phi) is 6.48. The number of aromatic amines is 1. The maximum absolute atomic E-state index is 12.5. The number of rotatable bonds is 7. The molecule has 3 rings (SSSR count). The summed E-state index contributed by atoms with van der Waals surface area (Å²) in [6, 6.07) is -0.0819. The topological polar surface area (TPSA) is 109 Å². The number of amides is 2. The molecular weight excluding hydrogens is 374 g/mol. The van der Waals surface area contributed by atoms with Crippen molar-refractivity contribution in [3.8, 4) is 5.88 Å². The van der Waals surface area contributed by atoms with Crippen molar-refractivity contribution in [3.63, 3.8) is 0 Å². The van der Waals surface area contributed by atoms with E-state index in [1.165, 1.54) is 6.08 Å². The van der Waals surface area contributed by atoms with Crippen molar-refractivity contribution in [1.29, 1.82) is 0 Å². The summed E-state index contributed by atoms with van der Waals surface area (Å²) < 4.78 is 11.1. The van der Waals surface area contributed by atoms with Crippen molar-refractivity contribution in [1.82, 2.24) is 25.2 Å². The number of carbonyl (C=O) groups excluding carboxylic acids is 2. The van der Waals surface area contributed by atoms with Gasteiger partial charge in [0, 0.05) is 44.8 Å². The monoisotopic (exact) mass is 401 g/mol. The Bertz CT molecular complexity index is 896. The molecule has 1 aliphatic rings. The van der Waals surface area contributed by atoms with Crippen LogP contribution in [0.15, 0.2) is 25.0 Å². The summed E-state index contributed by atoms with van der Waals surface area (Å²) in [5, 5.41) is 2.86. The summed E-state index contributed by atoms with van der Waals surface area (Å²) >= 11 is 0. The highest BCUT2D eigenvalue weighted by molar-refractivity contribution is 6.04. The molecule has 3 atom stereocenters. The van der Waals surface area contributed by atoms with Gasteiger partial charge in [0.2, 0.25) is 11.8 Å². The van der Waals surface area contributed by atoms with Gasteiger partial charge in [0.1, 0.15) is 11.6 Å². The molecule has 9 nitrogen and oxygen atoms in total. The molecule has 1 saturated heterocycles. The van der Waals surface area contributed by atoms with Crippen LogP contribution in [0.1, 0.15) is 37.0 Å². The van der Waals surface area contributed by atoms with Crippen LogP contribution in [0.4, 0.5) is 0 Å². The highest BCUT2D eigenvalue weighted by atomic mass is 16.5. The summed E-state index contributed by atoms with van der Waals surface area (Å²) in [6.07, 6.45) is 5.77. The molecular formula is C20H27N5O4. The Balaban J connectivity index is 1.71. The van der Waals surface area contributed by atoms with E-state index in [0.29, 0.717) is 48.6 Å². The molecule has 0 aliphatic carbocycles. The lowest BCUT2D eigenvalue weighted by Gasteiger charge is -2.36. The number of piperidine rings is 1. The Morgan fingerprint density at radius 2 is 2.31 bits per heavy atom. The predicted molar refractivity (Wildman–Crippen MR) is 108 cm³/mol. The van der Waals surface area contributed by atoms with Gasteiger partial charge in [-0.2, -0.15) is 0 Å². The Morgan fingerprint density at radius 3 is 3.00 bits per heavy atom. The van der Waals surface area contributed by atoms with E-state index in [1.54, 1.807) is 24.4 Å². The standard InChI is InChI=1S/C20H27N5O4/c1-5-17(26)25-7-6-14(8-13(25)3)29-16-10-22-19-18(24-16)15(9-21-19)20(27)23-12(2)11-28-4/h5,9-10,12-14H,1,6-8,11H2,2-4H3,(H,21,22)(H,23,27)/t12-,13-,14+/m0/s1. The number of nitrogens with zero attached hydrogens (tertiary/aromatic N) is 3. The van der Waals surface area contributed by atoms with E-state index in [2.05, 4.69) is 26.8 Å². The fourth-order valence-electron chi connectivity index (χ4n) is 3.55. The number of nitrogens with one attached hydrogen (secondary N) is 2. The van der Waals surface area contributed by atoms with Gasteiger partial charge in [-0.25, -0.2) is 9.97 Å². The second kappa shape index (κ2) is 9.04. The molecule has 2 N–H and O–H groups in total. The number of carbonyl (C=O) groups is 2. The maximum Gasteiger partial charge on any atom is 0.255 e. The summed E-state index contributed by atoms with van der Waals surface area (Å²) in [4.78, 5) is 38.0. The molecule has 156 valence electrons. The van der Waals surface area contributed by atoms with Crippen LogP contribution in [0.2, 0.25) is 0 Å². The zero-order valence-corrected chi connectivity index (χ0v) is 17.0. The summed E-state index contributed by atoms with van der Waals surface area (Å²) in [6.45, 7) is 8.41.